The highest BCUT2D eigenvalue weighted by atomic mass is 16.5. The normalized spacial score (nSPS) is 27.6. The number of methoxy groups -OCH3 is 1. The summed E-state index contributed by atoms with van der Waals surface area (Å²) in [5.74, 6) is 2.52. The Balaban J connectivity index is 1.34. The van der Waals surface area contributed by atoms with Gasteiger partial charge in [-0.05, 0) is 42.4 Å². The van der Waals surface area contributed by atoms with Crippen molar-refractivity contribution >= 4 is 5.91 Å². The zero-order valence-electron chi connectivity index (χ0n) is 16.6. The molecule has 154 valence electrons. The molecular formula is C21H31N3O4. The molecule has 3 fully saturated rings. The number of carbonyl (C=O) groups is 1. The molecule has 1 aromatic rings. The molecule has 7 nitrogen and oxygen atoms in total. The summed E-state index contributed by atoms with van der Waals surface area (Å²) in [6.45, 7) is 5.49. The summed E-state index contributed by atoms with van der Waals surface area (Å²) >= 11 is 0. The van der Waals surface area contributed by atoms with E-state index in [0.717, 1.165) is 19.6 Å². The van der Waals surface area contributed by atoms with Crippen LogP contribution >= 0.6 is 0 Å². The first-order valence-electron chi connectivity index (χ1n) is 10.3. The molecule has 2 bridgehead atoms. The van der Waals surface area contributed by atoms with E-state index in [1.165, 1.54) is 18.4 Å². The van der Waals surface area contributed by atoms with Gasteiger partial charge in [0.2, 0.25) is 0 Å². The van der Waals surface area contributed by atoms with E-state index < -0.39 is 0 Å². The topological polar surface area (TPSA) is 77.3 Å². The predicted octanol–water partition coefficient (Wildman–Crippen LogP) is 1.10. The van der Waals surface area contributed by atoms with Crippen LogP contribution in [0.5, 0.6) is 11.5 Å². The van der Waals surface area contributed by atoms with E-state index >= 15 is 0 Å². The monoisotopic (exact) mass is 389 g/mol. The molecule has 28 heavy (non-hydrogen) atoms. The van der Waals surface area contributed by atoms with Crippen LogP contribution < -0.4 is 15.2 Å². The van der Waals surface area contributed by atoms with Gasteiger partial charge in [-0.25, -0.2) is 0 Å². The van der Waals surface area contributed by atoms with Crippen molar-refractivity contribution in [3.8, 4) is 11.5 Å². The standard InChI is InChI=1S/C21H31N3O4/c1-26-19-10-15(11-23-12-16-3-4-17(13-23)21(16)22)2-5-18(19)28-14-20(25)24-6-8-27-9-7-24/h2,5,10,16-17,21H,3-4,6-9,11-14,22H2,1H3/t16-,17+,21?. The predicted molar refractivity (Wildman–Crippen MR) is 105 cm³/mol. The van der Waals surface area contributed by atoms with Crippen molar-refractivity contribution in [2.24, 2.45) is 17.6 Å². The largest absolute Gasteiger partial charge is 0.493 e. The first-order valence-corrected chi connectivity index (χ1v) is 10.3. The Morgan fingerprint density at radius 2 is 1.89 bits per heavy atom. The third-order valence-corrected chi connectivity index (χ3v) is 6.33. The van der Waals surface area contributed by atoms with Crippen LogP contribution in [0.1, 0.15) is 18.4 Å². The van der Waals surface area contributed by atoms with Gasteiger partial charge in [0.25, 0.3) is 5.91 Å². The van der Waals surface area contributed by atoms with Gasteiger partial charge in [-0.1, -0.05) is 6.07 Å². The summed E-state index contributed by atoms with van der Waals surface area (Å²) in [5, 5.41) is 0. The Morgan fingerprint density at radius 1 is 1.18 bits per heavy atom. The van der Waals surface area contributed by atoms with E-state index in [1.807, 2.05) is 12.1 Å². The molecule has 4 rings (SSSR count). The summed E-state index contributed by atoms with van der Waals surface area (Å²) in [5.41, 5.74) is 7.51. The fraction of sp³-hybridized carbons (Fsp3) is 0.667. The molecule has 1 saturated carbocycles. The quantitative estimate of drug-likeness (QED) is 0.785. The van der Waals surface area contributed by atoms with Crippen LogP contribution in [-0.4, -0.2) is 74.9 Å². The number of amides is 1. The summed E-state index contributed by atoms with van der Waals surface area (Å²) in [4.78, 5) is 16.6. The lowest BCUT2D eigenvalue weighted by Gasteiger charge is -2.36. The second-order valence-electron chi connectivity index (χ2n) is 8.14. The molecule has 1 aliphatic carbocycles. The van der Waals surface area contributed by atoms with Gasteiger partial charge in [0, 0.05) is 38.8 Å². The van der Waals surface area contributed by atoms with E-state index in [4.69, 9.17) is 19.9 Å². The maximum Gasteiger partial charge on any atom is 0.260 e. The number of rotatable bonds is 6. The third-order valence-electron chi connectivity index (χ3n) is 6.33. The lowest BCUT2D eigenvalue weighted by atomic mass is 9.93. The number of nitrogens with two attached hydrogens (primary N) is 1. The molecule has 2 heterocycles. The van der Waals surface area contributed by atoms with Crippen molar-refractivity contribution < 1.29 is 19.0 Å². The first kappa shape index (κ1) is 19.5. The van der Waals surface area contributed by atoms with Crippen molar-refractivity contribution in [1.29, 1.82) is 0 Å². The van der Waals surface area contributed by atoms with Crippen molar-refractivity contribution in [1.82, 2.24) is 9.80 Å². The minimum atomic E-state index is -0.0189. The molecule has 1 unspecified atom stereocenters. The smallest absolute Gasteiger partial charge is 0.260 e. The van der Waals surface area contributed by atoms with Crippen molar-refractivity contribution in [2.75, 3.05) is 53.1 Å². The highest BCUT2D eigenvalue weighted by Gasteiger charge is 2.39. The van der Waals surface area contributed by atoms with Crippen LogP contribution in [-0.2, 0) is 16.1 Å². The van der Waals surface area contributed by atoms with Gasteiger partial charge < -0.3 is 24.8 Å². The Hall–Kier alpha value is -1.83. The van der Waals surface area contributed by atoms with Gasteiger partial charge in [-0.2, -0.15) is 0 Å². The van der Waals surface area contributed by atoms with Crippen molar-refractivity contribution in [3.63, 3.8) is 0 Å². The molecular weight excluding hydrogens is 358 g/mol. The highest BCUT2D eigenvalue weighted by Crippen LogP contribution is 2.36. The number of benzene rings is 1. The summed E-state index contributed by atoms with van der Waals surface area (Å²) in [6.07, 6.45) is 2.52. The fourth-order valence-corrected chi connectivity index (χ4v) is 4.72. The van der Waals surface area contributed by atoms with Gasteiger partial charge in [-0.3, -0.25) is 9.69 Å². The van der Waals surface area contributed by atoms with Gasteiger partial charge >= 0.3 is 0 Å². The van der Waals surface area contributed by atoms with E-state index in [-0.39, 0.29) is 12.5 Å². The molecule has 0 spiro atoms. The van der Waals surface area contributed by atoms with Crippen LogP contribution in [0.15, 0.2) is 18.2 Å². The zero-order chi connectivity index (χ0) is 19.5. The number of nitrogens with zero attached hydrogens (tertiary/aromatic N) is 2. The summed E-state index contributed by atoms with van der Waals surface area (Å²) in [6, 6.07) is 6.37. The van der Waals surface area contributed by atoms with Gasteiger partial charge in [0.05, 0.1) is 20.3 Å². The molecule has 0 radical (unpaired) electrons. The lowest BCUT2D eigenvalue weighted by Crippen LogP contribution is -2.48. The Bertz CT molecular complexity index is 678. The molecule has 2 saturated heterocycles. The second kappa shape index (κ2) is 8.68. The lowest BCUT2D eigenvalue weighted by molar-refractivity contribution is -0.137. The number of fused-ring (bicyclic) bond motifs is 2. The molecule has 2 aliphatic heterocycles. The number of piperidine rings is 1. The Labute approximate surface area is 166 Å². The molecule has 2 N–H and O–H groups in total. The summed E-state index contributed by atoms with van der Waals surface area (Å²) in [7, 11) is 1.63. The SMILES string of the molecule is COc1cc(CN2C[C@H]3CC[C@@H](C2)C3N)ccc1OCC(=O)N1CCOCC1. The number of carbonyl (C=O) groups excluding carboxylic acids is 1. The second-order valence-corrected chi connectivity index (χ2v) is 8.14. The number of hydrogen-bond acceptors (Lipinski definition) is 6. The average molecular weight is 389 g/mol. The number of ether oxygens (including phenoxy) is 3. The zero-order valence-corrected chi connectivity index (χ0v) is 16.6. The molecule has 0 aromatic heterocycles. The van der Waals surface area contributed by atoms with Crippen LogP contribution in [0.3, 0.4) is 0 Å². The van der Waals surface area contributed by atoms with E-state index in [0.29, 0.717) is 55.7 Å². The van der Waals surface area contributed by atoms with E-state index in [1.54, 1.807) is 12.0 Å². The molecule has 3 aliphatic rings. The Morgan fingerprint density at radius 3 is 2.57 bits per heavy atom. The van der Waals surface area contributed by atoms with E-state index in [9.17, 15) is 4.79 Å². The summed E-state index contributed by atoms with van der Waals surface area (Å²) < 4.78 is 16.6. The molecule has 1 amide bonds. The van der Waals surface area contributed by atoms with E-state index in [2.05, 4.69) is 11.0 Å². The Kier molecular flexibility index (Phi) is 6.04. The number of likely N-dealkylation sites (tertiary alicyclic amines) is 1. The minimum Gasteiger partial charge on any atom is -0.493 e. The van der Waals surface area contributed by atoms with Gasteiger partial charge in [0.15, 0.2) is 18.1 Å². The third kappa shape index (κ3) is 4.26. The fourth-order valence-electron chi connectivity index (χ4n) is 4.72. The van der Waals surface area contributed by atoms with Crippen LogP contribution in [0.4, 0.5) is 0 Å². The maximum absolute atomic E-state index is 12.3. The minimum absolute atomic E-state index is 0.0169. The first-order chi connectivity index (χ1) is 13.6. The maximum atomic E-state index is 12.3. The number of morpholine rings is 1. The van der Waals surface area contributed by atoms with Crippen molar-refractivity contribution in [3.05, 3.63) is 23.8 Å². The average Bonchev–Trinajstić information content (AvgIpc) is 2.93. The molecule has 3 atom stereocenters. The highest BCUT2D eigenvalue weighted by molar-refractivity contribution is 5.78. The molecule has 1 aromatic carbocycles. The number of hydrogen-bond donors (Lipinski definition) is 1. The van der Waals surface area contributed by atoms with Gasteiger partial charge in [0.1, 0.15) is 0 Å². The van der Waals surface area contributed by atoms with Crippen LogP contribution in [0.25, 0.3) is 0 Å². The van der Waals surface area contributed by atoms with Crippen LogP contribution in [0.2, 0.25) is 0 Å². The van der Waals surface area contributed by atoms with Crippen LogP contribution in [0, 0.1) is 11.8 Å². The molecule has 7 heteroatoms. The van der Waals surface area contributed by atoms with Crippen molar-refractivity contribution in [2.45, 2.75) is 25.4 Å². The van der Waals surface area contributed by atoms with Gasteiger partial charge in [-0.15, -0.1) is 0 Å².